The van der Waals surface area contributed by atoms with Crippen LogP contribution in [0.1, 0.15) is 40.0 Å². The summed E-state index contributed by atoms with van der Waals surface area (Å²) in [7, 11) is 0. The number of nitrogens with one attached hydrogen (secondary N) is 2. The summed E-state index contributed by atoms with van der Waals surface area (Å²) in [6.45, 7) is 10.7. The summed E-state index contributed by atoms with van der Waals surface area (Å²) in [6, 6.07) is 0.566. The molecular formula is C14H29N3O. The number of likely N-dealkylation sites (N-methyl/N-ethyl adjacent to an activating group) is 1. The van der Waals surface area contributed by atoms with Gasteiger partial charge in [-0.3, -0.25) is 9.69 Å². The summed E-state index contributed by atoms with van der Waals surface area (Å²) in [5.41, 5.74) is 0. The highest BCUT2D eigenvalue weighted by Gasteiger charge is 2.17. The molecule has 1 rings (SSSR count). The lowest BCUT2D eigenvalue weighted by Crippen LogP contribution is -2.46. The van der Waals surface area contributed by atoms with E-state index < -0.39 is 0 Å². The van der Waals surface area contributed by atoms with Crippen LogP contribution >= 0.6 is 0 Å². The van der Waals surface area contributed by atoms with Gasteiger partial charge in [0.1, 0.15) is 0 Å². The van der Waals surface area contributed by atoms with Crippen LogP contribution in [0.25, 0.3) is 0 Å². The highest BCUT2D eigenvalue weighted by Crippen LogP contribution is 2.08. The van der Waals surface area contributed by atoms with Gasteiger partial charge in [0, 0.05) is 19.1 Å². The fourth-order valence-electron chi connectivity index (χ4n) is 2.27. The first kappa shape index (κ1) is 15.4. The molecule has 0 aromatic carbocycles. The monoisotopic (exact) mass is 255 g/mol. The highest BCUT2D eigenvalue weighted by atomic mass is 16.2. The van der Waals surface area contributed by atoms with Gasteiger partial charge in [-0.15, -0.1) is 0 Å². The topological polar surface area (TPSA) is 44.4 Å². The van der Waals surface area contributed by atoms with E-state index in [9.17, 15) is 4.79 Å². The average molecular weight is 255 g/mol. The van der Waals surface area contributed by atoms with Crippen LogP contribution in [0.5, 0.6) is 0 Å². The van der Waals surface area contributed by atoms with Gasteiger partial charge in [0.15, 0.2) is 0 Å². The maximum atomic E-state index is 11.8. The molecule has 1 unspecified atom stereocenters. The number of carbonyl (C=O) groups is 1. The molecule has 0 aliphatic carbocycles. The lowest BCUT2D eigenvalue weighted by Gasteiger charge is -2.29. The van der Waals surface area contributed by atoms with Crippen molar-refractivity contribution in [2.45, 2.75) is 46.1 Å². The Hall–Kier alpha value is -0.610. The van der Waals surface area contributed by atoms with Gasteiger partial charge in [0.05, 0.1) is 6.54 Å². The van der Waals surface area contributed by atoms with Gasteiger partial charge < -0.3 is 10.6 Å². The fraction of sp³-hybridized carbons (Fsp3) is 0.929. The molecule has 0 aromatic heterocycles. The summed E-state index contributed by atoms with van der Waals surface area (Å²) >= 11 is 0. The van der Waals surface area contributed by atoms with Crippen molar-refractivity contribution in [3.63, 3.8) is 0 Å². The van der Waals surface area contributed by atoms with Crippen molar-refractivity contribution in [2.75, 3.05) is 32.7 Å². The first-order valence-electron chi connectivity index (χ1n) is 7.34. The first-order valence-corrected chi connectivity index (χ1v) is 7.34. The van der Waals surface area contributed by atoms with Crippen molar-refractivity contribution in [2.24, 2.45) is 5.92 Å². The second-order valence-electron chi connectivity index (χ2n) is 5.67. The molecule has 2 N–H and O–H groups in total. The molecular weight excluding hydrogens is 226 g/mol. The van der Waals surface area contributed by atoms with Gasteiger partial charge in [-0.1, -0.05) is 27.2 Å². The third kappa shape index (κ3) is 6.36. The molecule has 4 heteroatoms. The van der Waals surface area contributed by atoms with E-state index in [1.165, 1.54) is 19.3 Å². The number of hydrogen-bond donors (Lipinski definition) is 2. The molecule has 0 bridgehead atoms. The van der Waals surface area contributed by atoms with E-state index in [0.29, 0.717) is 18.5 Å². The van der Waals surface area contributed by atoms with E-state index in [1.54, 1.807) is 0 Å². The standard InChI is InChI=1S/C14H29N3O/c1-4-17(10-13-7-5-6-8-15-13)11-14(18)16-9-12(2)3/h12-13,15H,4-11H2,1-3H3,(H,16,18). The molecule has 0 aromatic rings. The Labute approximate surface area is 111 Å². The van der Waals surface area contributed by atoms with Crippen LogP contribution in [0.3, 0.4) is 0 Å². The van der Waals surface area contributed by atoms with Gasteiger partial charge in [0.2, 0.25) is 5.91 Å². The van der Waals surface area contributed by atoms with Crippen molar-refractivity contribution < 1.29 is 4.79 Å². The lowest BCUT2D eigenvalue weighted by molar-refractivity contribution is -0.122. The molecule has 1 fully saturated rings. The van der Waals surface area contributed by atoms with E-state index in [2.05, 4.69) is 36.3 Å². The molecule has 4 nitrogen and oxygen atoms in total. The predicted molar refractivity (Wildman–Crippen MR) is 75.6 cm³/mol. The second-order valence-corrected chi connectivity index (χ2v) is 5.67. The van der Waals surface area contributed by atoms with E-state index in [1.807, 2.05) is 0 Å². The van der Waals surface area contributed by atoms with Gasteiger partial charge in [-0.05, 0) is 31.8 Å². The first-order chi connectivity index (χ1) is 8.61. The Morgan fingerprint density at radius 3 is 2.78 bits per heavy atom. The summed E-state index contributed by atoms with van der Waals surface area (Å²) < 4.78 is 0. The van der Waals surface area contributed by atoms with Gasteiger partial charge in [0.25, 0.3) is 0 Å². The van der Waals surface area contributed by atoms with E-state index >= 15 is 0 Å². The SMILES string of the molecule is CCN(CC(=O)NCC(C)C)CC1CCCCN1. The molecule has 1 heterocycles. The minimum Gasteiger partial charge on any atom is -0.355 e. The summed E-state index contributed by atoms with van der Waals surface area (Å²) in [6.07, 6.45) is 3.84. The largest absolute Gasteiger partial charge is 0.355 e. The number of rotatable bonds is 7. The number of carbonyl (C=O) groups excluding carboxylic acids is 1. The Morgan fingerprint density at radius 2 is 2.22 bits per heavy atom. The van der Waals surface area contributed by atoms with Crippen LogP contribution in [0.2, 0.25) is 0 Å². The smallest absolute Gasteiger partial charge is 0.234 e. The Bertz CT molecular complexity index is 237. The van der Waals surface area contributed by atoms with Crippen LogP contribution in [0.15, 0.2) is 0 Å². The maximum Gasteiger partial charge on any atom is 0.234 e. The number of amides is 1. The Kier molecular flexibility index (Phi) is 7.28. The molecule has 1 aliphatic rings. The quantitative estimate of drug-likeness (QED) is 0.719. The summed E-state index contributed by atoms with van der Waals surface area (Å²) in [5.74, 6) is 0.672. The van der Waals surface area contributed by atoms with E-state index in [4.69, 9.17) is 0 Å². The third-order valence-corrected chi connectivity index (χ3v) is 3.41. The fourth-order valence-corrected chi connectivity index (χ4v) is 2.27. The Morgan fingerprint density at radius 1 is 1.44 bits per heavy atom. The molecule has 1 saturated heterocycles. The Balaban J connectivity index is 2.25. The molecule has 0 saturated carbocycles. The van der Waals surface area contributed by atoms with Crippen molar-refractivity contribution in [1.29, 1.82) is 0 Å². The van der Waals surface area contributed by atoms with Gasteiger partial charge in [-0.2, -0.15) is 0 Å². The summed E-state index contributed by atoms with van der Waals surface area (Å²) in [4.78, 5) is 14.0. The zero-order chi connectivity index (χ0) is 13.4. The van der Waals surface area contributed by atoms with Crippen molar-refractivity contribution >= 4 is 5.91 Å². The second kappa shape index (κ2) is 8.48. The zero-order valence-corrected chi connectivity index (χ0v) is 12.2. The minimum atomic E-state index is 0.154. The predicted octanol–water partition coefficient (Wildman–Crippen LogP) is 1.22. The molecule has 106 valence electrons. The van der Waals surface area contributed by atoms with Gasteiger partial charge in [-0.25, -0.2) is 0 Å². The van der Waals surface area contributed by atoms with E-state index in [-0.39, 0.29) is 5.91 Å². The van der Waals surface area contributed by atoms with Crippen LogP contribution in [-0.4, -0.2) is 49.6 Å². The van der Waals surface area contributed by atoms with Crippen LogP contribution in [0, 0.1) is 5.92 Å². The zero-order valence-electron chi connectivity index (χ0n) is 12.2. The highest BCUT2D eigenvalue weighted by molar-refractivity contribution is 5.77. The van der Waals surface area contributed by atoms with Crippen molar-refractivity contribution in [3.05, 3.63) is 0 Å². The van der Waals surface area contributed by atoms with E-state index in [0.717, 1.165) is 26.2 Å². The summed E-state index contributed by atoms with van der Waals surface area (Å²) in [5, 5.41) is 6.52. The molecule has 1 amide bonds. The molecule has 0 spiro atoms. The van der Waals surface area contributed by atoms with Crippen molar-refractivity contribution in [1.82, 2.24) is 15.5 Å². The normalized spacial score (nSPS) is 20.4. The molecule has 18 heavy (non-hydrogen) atoms. The average Bonchev–Trinajstić information content (AvgIpc) is 2.37. The lowest BCUT2D eigenvalue weighted by atomic mass is 10.0. The van der Waals surface area contributed by atoms with Crippen LogP contribution in [0.4, 0.5) is 0 Å². The van der Waals surface area contributed by atoms with Gasteiger partial charge >= 0.3 is 0 Å². The number of hydrogen-bond acceptors (Lipinski definition) is 3. The third-order valence-electron chi connectivity index (χ3n) is 3.41. The molecule has 0 radical (unpaired) electrons. The van der Waals surface area contributed by atoms with Crippen LogP contribution in [-0.2, 0) is 4.79 Å². The number of nitrogens with zero attached hydrogens (tertiary/aromatic N) is 1. The minimum absolute atomic E-state index is 0.154. The number of piperidine rings is 1. The molecule has 1 aliphatic heterocycles. The molecule has 1 atom stereocenters. The van der Waals surface area contributed by atoms with Crippen LogP contribution < -0.4 is 10.6 Å². The maximum absolute atomic E-state index is 11.8. The van der Waals surface area contributed by atoms with Crippen molar-refractivity contribution in [3.8, 4) is 0 Å².